The Kier molecular flexibility index (Phi) is 9.54. The molecule has 0 radical (unpaired) electrons. The van der Waals surface area contributed by atoms with Crippen molar-refractivity contribution in [3.63, 3.8) is 0 Å². The first-order valence-corrected chi connectivity index (χ1v) is 10.6. The third-order valence-electron chi connectivity index (χ3n) is 6.07. The Hall–Kier alpha value is -0.640. The maximum atomic E-state index is 10.7. The molecule has 1 unspecified atom stereocenters. The predicted molar refractivity (Wildman–Crippen MR) is 101 cm³/mol. The van der Waals surface area contributed by atoms with Crippen LogP contribution in [0.3, 0.4) is 0 Å². The lowest BCUT2D eigenvalue weighted by molar-refractivity contribution is -0.364. The molecule has 16 heteroatoms. The first-order valence-electron chi connectivity index (χ1n) is 10.6. The van der Waals surface area contributed by atoms with Gasteiger partial charge in [0.25, 0.3) is 0 Å². The molecule has 3 saturated heterocycles. The fraction of sp³-hybridized carbons (Fsp3) is 1.00. The Labute approximate surface area is 192 Å². The summed E-state index contributed by atoms with van der Waals surface area (Å²) in [4.78, 5) is 0. The Morgan fingerprint density at radius 1 is 0.500 bits per heavy atom. The third kappa shape index (κ3) is 5.52. The summed E-state index contributed by atoms with van der Waals surface area (Å²) in [5.41, 5.74) is 0. The van der Waals surface area contributed by atoms with E-state index in [0.29, 0.717) is 0 Å². The molecule has 0 bridgehead atoms. The summed E-state index contributed by atoms with van der Waals surface area (Å²) in [5.74, 6) is 0. The minimum atomic E-state index is -1.84. The first-order chi connectivity index (χ1) is 16.0. The van der Waals surface area contributed by atoms with Gasteiger partial charge in [0.1, 0.15) is 73.2 Å². The lowest BCUT2D eigenvalue weighted by Crippen LogP contribution is -2.65. The normalized spacial score (nSPS) is 52.5. The van der Waals surface area contributed by atoms with Crippen LogP contribution in [-0.4, -0.2) is 168 Å². The monoisotopic (exact) mass is 504 g/mol. The van der Waals surface area contributed by atoms with E-state index in [2.05, 4.69) is 0 Å². The van der Waals surface area contributed by atoms with Crippen molar-refractivity contribution >= 4 is 0 Å². The highest BCUT2D eigenvalue weighted by Gasteiger charge is 2.51. The first kappa shape index (κ1) is 27.9. The summed E-state index contributed by atoms with van der Waals surface area (Å²) in [5, 5.41) is 109. The molecular formula is C18H32O16. The van der Waals surface area contributed by atoms with Crippen molar-refractivity contribution in [3.05, 3.63) is 0 Å². The summed E-state index contributed by atoms with van der Waals surface area (Å²) in [6.07, 6.45) is -24.9. The molecule has 0 aliphatic carbocycles. The Morgan fingerprint density at radius 3 is 1.65 bits per heavy atom. The van der Waals surface area contributed by atoms with Crippen molar-refractivity contribution in [1.29, 1.82) is 0 Å². The van der Waals surface area contributed by atoms with Gasteiger partial charge in [0.2, 0.25) is 0 Å². The molecule has 0 amide bonds. The largest absolute Gasteiger partial charge is 0.394 e. The molecule has 11 N–H and O–H groups in total. The van der Waals surface area contributed by atoms with Gasteiger partial charge in [0.05, 0.1) is 19.8 Å². The number of hydrogen-bond acceptors (Lipinski definition) is 16. The highest BCUT2D eigenvalue weighted by Crippen LogP contribution is 2.30. The molecule has 3 heterocycles. The van der Waals surface area contributed by atoms with Crippen LogP contribution in [0.5, 0.6) is 0 Å². The van der Waals surface area contributed by atoms with Gasteiger partial charge in [-0.05, 0) is 0 Å². The lowest BCUT2D eigenvalue weighted by atomic mass is 9.97. The van der Waals surface area contributed by atoms with Crippen LogP contribution in [0.15, 0.2) is 0 Å². The predicted octanol–water partition coefficient (Wildman–Crippen LogP) is -7.57. The number of aliphatic hydroxyl groups excluding tert-OH is 11. The lowest BCUT2D eigenvalue weighted by Gasteiger charge is -2.46. The average Bonchev–Trinajstić information content (AvgIpc) is 2.82. The molecule has 3 fully saturated rings. The van der Waals surface area contributed by atoms with Crippen molar-refractivity contribution in [3.8, 4) is 0 Å². The van der Waals surface area contributed by atoms with E-state index >= 15 is 0 Å². The van der Waals surface area contributed by atoms with E-state index in [9.17, 15) is 56.2 Å². The average molecular weight is 504 g/mol. The van der Waals surface area contributed by atoms with Crippen LogP contribution in [0.25, 0.3) is 0 Å². The maximum Gasteiger partial charge on any atom is 0.187 e. The molecule has 0 spiro atoms. The van der Waals surface area contributed by atoms with Crippen LogP contribution in [0.4, 0.5) is 0 Å². The number of ether oxygens (including phenoxy) is 5. The summed E-state index contributed by atoms with van der Waals surface area (Å²) in [6.45, 7) is -2.11. The van der Waals surface area contributed by atoms with Crippen molar-refractivity contribution in [1.82, 2.24) is 0 Å². The summed E-state index contributed by atoms with van der Waals surface area (Å²) >= 11 is 0. The molecule has 3 aliphatic rings. The molecule has 0 aromatic rings. The topological polar surface area (TPSA) is 269 Å². The standard InChI is InChI=1S/C18H32O16/c19-1-4-7(21)11(25)13(27)18(33-4)34-15-9(23)5(2-20)32-17(14(15)28)30-3-6-8(22)10(24)12(26)16(29)31-6/h4-29H,1-3H2/t4-,5-,6-,7+,8+,9+,10+,11+,12-,13-,14-,15+,16?,17-,18+/m1/s1. The van der Waals surface area contributed by atoms with Crippen molar-refractivity contribution in [2.24, 2.45) is 0 Å². The summed E-state index contributed by atoms with van der Waals surface area (Å²) < 4.78 is 26.2. The zero-order valence-corrected chi connectivity index (χ0v) is 17.7. The van der Waals surface area contributed by atoms with Gasteiger partial charge in [-0.25, -0.2) is 0 Å². The summed E-state index contributed by atoms with van der Waals surface area (Å²) in [7, 11) is 0. The van der Waals surface area contributed by atoms with Gasteiger partial charge in [0.15, 0.2) is 18.9 Å². The molecule has 0 aromatic heterocycles. The minimum absolute atomic E-state index is 0.593. The second-order valence-corrected chi connectivity index (χ2v) is 8.37. The second-order valence-electron chi connectivity index (χ2n) is 8.37. The third-order valence-corrected chi connectivity index (χ3v) is 6.07. The van der Waals surface area contributed by atoms with Gasteiger partial charge in [-0.3, -0.25) is 0 Å². The van der Waals surface area contributed by atoms with Gasteiger partial charge < -0.3 is 79.9 Å². The zero-order chi connectivity index (χ0) is 25.3. The van der Waals surface area contributed by atoms with Gasteiger partial charge in [-0.1, -0.05) is 0 Å². The number of aliphatic hydroxyl groups is 11. The molecular weight excluding hydrogens is 472 g/mol. The van der Waals surface area contributed by atoms with Crippen LogP contribution >= 0.6 is 0 Å². The fourth-order valence-electron chi connectivity index (χ4n) is 3.94. The van der Waals surface area contributed by atoms with Gasteiger partial charge in [-0.15, -0.1) is 0 Å². The van der Waals surface area contributed by atoms with Crippen molar-refractivity contribution in [2.45, 2.75) is 92.1 Å². The quantitative estimate of drug-likeness (QED) is 0.154. The maximum absolute atomic E-state index is 10.7. The van der Waals surface area contributed by atoms with Gasteiger partial charge in [-0.2, -0.15) is 0 Å². The molecule has 0 saturated carbocycles. The molecule has 16 nitrogen and oxygen atoms in total. The Morgan fingerprint density at radius 2 is 1.03 bits per heavy atom. The van der Waals surface area contributed by atoms with Crippen LogP contribution in [0.2, 0.25) is 0 Å². The van der Waals surface area contributed by atoms with E-state index in [0.717, 1.165) is 0 Å². The van der Waals surface area contributed by atoms with E-state index in [4.69, 9.17) is 23.7 Å². The van der Waals surface area contributed by atoms with Crippen LogP contribution in [-0.2, 0) is 23.7 Å². The highest BCUT2D eigenvalue weighted by atomic mass is 16.7. The molecule has 3 rings (SSSR count). The van der Waals surface area contributed by atoms with E-state index in [1.165, 1.54) is 0 Å². The van der Waals surface area contributed by atoms with E-state index < -0.39 is 112 Å². The number of hydrogen-bond donors (Lipinski definition) is 11. The molecule has 3 aliphatic heterocycles. The van der Waals surface area contributed by atoms with Crippen molar-refractivity contribution in [2.75, 3.05) is 19.8 Å². The fourth-order valence-corrected chi connectivity index (χ4v) is 3.94. The van der Waals surface area contributed by atoms with E-state index in [-0.39, 0.29) is 0 Å². The van der Waals surface area contributed by atoms with E-state index in [1.807, 2.05) is 0 Å². The second kappa shape index (κ2) is 11.6. The molecule has 34 heavy (non-hydrogen) atoms. The van der Waals surface area contributed by atoms with Gasteiger partial charge in [0, 0.05) is 0 Å². The van der Waals surface area contributed by atoms with Crippen LogP contribution in [0, 0.1) is 0 Å². The highest BCUT2D eigenvalue weighted by molar-refractivity contribution is 4.94. The molecule has 15 atom stereocenters. The van der Waals surface area contributed by atoms with Crippen LogP contribution < -0.4 is 0 Å². The zero-order valence-electron chi connectivity index (χ0n) is 17.7. The van der Waals surface area contributed by atoms with Gasteiger partial charge >= 0.3 is 0 Å². The van der Waals surface area contributed by atoms with Crippen molar-refractivity contribution < 1.29 is 79.9 Å². The SMILES string of the molecule is OC[C@H]1O[C@@H](O[C@H]2[C@@H](O)[C@@H](CO)O[C@@H](OC[C@H]3OC(O)[C@H](O)[C@@H](O)[C@H]3O)[C@@H]2O)[C@H](O)[C@@H](O)[C@H]1O. The Balaban J connectivity index is 1.68. The number of rotatable bonds is 7. The summed E-state index contributed by atoms with van der Waals surface area (Å²) in [6, 6.07) is 0. The smallest absolute Gasteiger partial charge is 0.187 e. The van der Waals surface area contributed by atoms with E-state index in [1.54, 1.807) is 0 Å². The Bertz CT molecular complexity index is 639. The van der Waals surface area contributed by atoms with Crippen LogP contribution in [0.1, 0.15) is 0 Å². The minimum Gasteiger partial charge on any atom is -0.394 e. The molecule has 0 aromatic carbocycles. The molecule has 200 valence electrons.